The van der Waals surface area contributed by atoms with Crippen molar-refractivity contribution in [1.29, 1.82) is 0 Å². The summed E-state index contributed by atoms with van der Waals surface area (Å²) in [7, 11) is 0. The lowest BCUT2D eigenvalue weighted by molar-refractivity contribution is -0.137. The lowest BCUT2D eigenvalue weighted by atomic mass is 9.92. The Hall–Kier alpha value is -2.43. The summed E-state index contributed by atoms with van der Waals surface area (Å²) in [5, 5.41) is 8.87. The number of amides is 1. The number of aromatic nitrogens is 2. The van der Waals surface area contributed by atoms with Crippen molar-refractivity contribution in [2.24, 2.45) is 11.8 Å². The number of anilines is 1. The van der Waals surface area contributed by atoms with E-state index >= 15 is 0 Å². The van der Waals surface area contributed by atoms with E-state index < -0.39 is 0 Å². The van der Waals surface area contributed by atoms with Gasteiger partial charge in [0.15, 0.2) is 5.82 Å². The van der Waals surface area contributed by atoms with Crippen LogP contribution in [0.2, 0.25) is 0 Å². The molecule has 0 aliphatic carbocycles. The number of hydrogen-bond acceptors (Lipinski definition) is 4. The summed E-state index contributed by atoms with van der Waals surface area (Å²) in [5.41, 5.74) is 3.22. The highest BCUT2D eigenvalue weighted by molar-refractivity contribution is 5.79. The van der Waals surface area contributed by atoms with Crippen molar-refractivity contribution >= 4 is 11.7 Å². The second-order valence-electron chi connectivity index (χ2n) is 8.41. The minimum Gasteiger partial charge on any atom is -0.355 e. The van der Waals surface area contributed by atoms with E-state index in [1.54, 1.807) is 0 Å². The average molecular weight is 379 g/mol. The summed E-state index contributed by atoms with van der Waals surface area (Å²) in [6.07, 6.45) is 4.11. The van der Waals surface area contributed by atoms with Gasteiger partial charge in [-0.3, -0.25) is 4.79 Å². The van der Waals surface area contributed by atoms with Gasteiger partial charge in [0.25, 0.3) is 0 Å². The van der Waals surface area contributed by atoms with Crippen LogP contribution in [-0.4, -0.2) is 47.2 Å². The number of carbonyl (C=O) groups is 1. The number of likely N-dealkylation sites (tertiary alicyclic amines) is 1. The van der Waals surface area contributed by atoms with Gasteiger partial charge < -0.3 is 9.80 Å². The van der Waals surface area contributed by atoms with E-state index in [4.69, 9.17) is 0 Å². The first-order valence-corrected chi connectivity index (χ1v) is 10.5. The molecule has 2 aromatic rings. The van der Waals surface area contributed by atoms with E-state index in [0.717, 1.165) is 74.9 Å². The number of piperidine rings is 2. The predicted octanol–water partition coefficient (Wildman–Crippen LogP) is 3.93. The van der Waals surface area contributed by atoms with Crippen LogP contribution in [0.5, 0.6) is 0 Å². The summed E-state index contributed by atoms with van der Waals surface area (Å²) in [6.45, 7) is 7.99. The Kier molecular flexibility index (Phi) is 5.60. The highest BCUT2D eigenvalue weighted by Crippen LogP contribution is 2.26. The van der Waals surface area contributed by atoms with E-state index in [1.807, 2.05) is 6.07 Å². The molecule has 2 saturated heterocycles. The average Bonchev–Trinajstić information content (AvgIpc) is 2.75. The molecule has 0 saturated carbocycles. The molecule has 4 rings (SSSR count). The predicted molar refractivity (Wildman–Crippen MR) is 112 cm³/mol. The Labute approximate surface area is 167 Å². The number of carbonyl (C=O) groups excluding carboxylic acids is 1. The van der Waals surface area contributed by atoms with Gasteiger partial charge in [0.1, 0.15) is 0 Å². The molecule has 148 valence electrons. The first-order valence-electron chi connectivity index (χ1n) is 10.5. The highest BCUT2D eigenvalue weighted by Gasteiger charge is 2.30. The summed E-state index contributed by atoms with van der Waals surface area (Å²) < 4.78 is 0. The van der Waals surface area contributed by atoms with E-state index in [2.05, 4.69) is 64.2 Å². The fourth-order valence-corrected chi connectivity index (χ4v) is 4.21. The maximum atomic E-state index is 12.8. The highest BCUT2D eigenvalue weighted by atomic mass is 16.2. The number of rotatable bonds is 3. The number of benzene rings is 1. The second-order valence-corrected chi connectivity index (χ2v) is 8.41. The van der Waals surface area contributed by atoms with Crippen molar-refractivity contribution < 1.29 is 4.79 Å². The molecule has 1 amide bonds. The van der Waals surface area contributed by atoms with Gasteiger partial charge in [-0.15, -0.1) is 10.2 Å². The smallest absolute Gasteiger partial charge is 0.225 e. The minimum absolute atomic E-state index is 0.171. The van der Waals surface area contributed by atoms with Gasteiger partial charge in [-0.25, -0.2) is 0 Å². The summed E-state index contributed by atoms with van der Waals surface area (Å²) >= 11 is 0. The van der Waals surface area contributed by atoms with Crippen LogP contribution in [0.1, 0.15) is 38.2 Å². The number of aryl methyl sites for hydroxylation is 1. The molecule has 2 aliphatic rings. The summed E-state index contributed by atoms with van der Waals surface area (Å²) in [4.78, 5) is 17.2. The van der Waals surface area contributed by atoms with E-state index in [0.29, 0.717) is 5.91 Å². The Balaban J connectivity index is 1.33. The number of hydrogen-bond donors (Lipinski definition) is 0. The fourth-order valence-electron chi connectivity index (χ4n) is 4.21. The normalized spacial score (nSPS) is 19.1. The van der Waals surface area contributed by atoms with Crippen molar-refractivity contribution in [2.45, 2.75) is 39.5 Å². The van der Waals surface area contributed by atoms with Gasteiger partial charge in [0.2, 0.25) is 5.91 Å². The van der Waals surface area contributed by atoms with Crippen LogP contribution in [0, 0.1) is 18.8 Å². The molecule has 2 aliphatic heterocycles. The molecule has 0 N–H and O–H groups in total. The molecule has 0 atom stereocenters. The zero-order chi connectivity index (χ0) is 19.5. The third-order valence-electron chi connectivity index (χ3n) is 6.26. The van der Waals surface area contributed by atoms with Crippen molar-refractivity contribution in [3.05, 3.63) is 42.0 Å². The van der Waals surface area contributed by atoms with Crippen molar-refractivity contribution in [3.63, 3.8) is 0 Å². The molecule has 28 heavy (non-hydrogen) atoms. The van der Waals surface area contributed by atoms with Crippen molar-refractivity contribution in [2.75, 3.05) is 31.1 Å². The fraction of sp³-hybridized carbons (Fsp3) is 0.522. The molecule has 5 heteroatoms. The molecule has 0 bridgehead atoms. The SMILES string of the molecule is Cc1ccc(-c2ccc(N3CCC(C(=O)N4CCC(C)CC4)CC3)nn2)cc1. The molecule has 0 spiro atoms. The molecule has 0 unspecified atom stereocenters. The summed E-state index contributed by atoms with van der Waals surface area (Å²) in [6, 6.07) is 12.4. The third kappa shape index (κ3) is 4.18. The Morgan fingerprint density at radius 2 is 1.57 bits per heavy atom. The lowest BCUT2D eigenvalue weighted by Crippen LogP contribution is -2.45. The van der Waals surface area contributed by atoms with Gasteiger partial charge in [0.05, 0.1) is 5.69 Å². The quantitative estimate of drug-likeness (QED) is 0.812. The minimum atomic E-state index is 0.171. The van der Waals surface area contributed by atoms with E-state index in [1.165, 1.54) is 5.56 Å². The zero-order valence-electron chi connectivity index (χ0n) is 17.0. The van der Waals surface area contributed by atoms with Gasteiger partial charge in [-0.1, -0.05) is 36.8 Å². The molecule has 5 nitrogen and oxygen atoms in total. The summed E-state index contributed by atoms with van der Waals surface area (Å²) in [5.74, 6) is 2.21. The van der Waals surface area contributed by atoms with Gasteiger partial charge >= 0.3 is 0 Å². The standard InChI is InChI=1S/C23H30N4O/c1-17-3-5-19(6-4-17)21-7-8-22(25-24-21)26-15-11-20(12-16-26)23(28)27-13-9-18(2)10-14-27/h3-8,18,20H,9-16H2,1-2H3. The first kappa shape index (κ1) is 18.9. The van der Waals surface area contributed by atoms with Crippen LogP contribution in [0.3, 0.4) is 0 Å². The second kappa shape index (κ2) is 8.29. The number of nitrogens with zero attached hydrogens (tertiary/aromatic N) is 4. The molecule has 2 fully saturated rings. The van der Waals surface area contributed by atoms with Crippen LogP contribution in [0.4, 0.5) is 5.82 Å². The Morgan fingerprint density at radius 1 is 0.893 bits per heavy atom. The van der Waals surface area contributed by atoms with Crippen molar-refractivity contribution in [1.82, 2.24) is 15.1 Å². The monoisotopic (exact) mass is 378 g/mol. The molecule has 1 aromatic heterocycles. The van der Waals surface area contributed by atoms with Crippen LogP contribution in [0.25, 0.3) is 11.3 Å². The molecular formula is C23H30N4O. The first-order chi connectivity index (χ1) is 13.6. The van der Waals surface area contributed by atoms with Crippen molar-refractivity contribution in [3.8, 4) is 11.3 Å². The van der Waals surface area contributed by atoms with Gasteiger partial charge in [0, 0.05) is 37.7 Å². The topological polar surface area (TPSA) is 49.3 Å². The third-order valence-corrected chi connectivity index (χ3v) is 6.26. The van der Waals surface area contributed by atoms with Crippen LogP contribution < -0.4 is 4.90 Å². The zero-order valence-corrected chi connectivity index (χ0v) is 17.0. The molecule has 3 heterocycles. The molecule has 1 aromatic carbocycles. The Morgan fingerprint density at radius 3 is 2.18 bits per heavy atom. The van der Waals surface area contributed by atoms with Gasteiger partial charge in [-0.2, -0.15) is 0 Å². The van der Waals surface area contributed by atoms with Gasteiger partial charge in [-0.05, 0) is 50.7 Å². The van der Waals surface area contributed by atoms with Crippen LogP contribution in [-0.2, 0) is 4.79 Å². The van der Waals surface area contributed by atoms with E-state index in [9.17, 15) is 4.79 Å². The van der Waals surface area contributed by atoms with Crippen LogP contribution >= 0.6 is 0 Å². The largest absolute Gasteiger partial charge is 0.355 e. The maximum Gasteiger partial charge on any atom is 0.225 e. The molecular weight excluding hydrogens is 348 g/mol. The van der Waals surface area contributed by atoms with Crippen LogP contribution in [0.15, 0.2) is 36.4 Å². The maximum absolute atomic E-state index is 12.8. The Bertz CT molecular complexity index is 786. The molecule has 0 radical (unpaired) electrons. The lowest BCUT2D eigenvalue weighted by Gasteiger charge is -2.37. The van der Waals surface area contributed by atoms with E-state index in [-0.39, 0.29) is 5.92 Å².